The van der Waals surface area contributed by atoms with Crippen LogP contribution in [0.5, 0.6) is 0 Å². The number of hydrogen-bond donors (Lipinski definition) is 1. The maximum atomic E-state index is 6.50. The van der Waals surface area contributed by atoms with Crippen LogP contribution >= 0.6 is 11.6 Å². The van der Waals surface area contributed by atoms with Gasteiger partial charge in [-0.15, -0.1) is 0 Å². The van der Waals surface area contributed by atoms with Crippen molar-refractivity contribution in [2.75, 3.05) is 13.1 Å². The van der Waals surface area contributed by atoms with Crippen LogP contribution in [0.2, 0.25) is 5.02 Å². The van der Waals surface area contributed by atoms with Gasteiger partial charge in [-0.2, -0.15) is 0 Å². The van der Waals surface area contributed by atoms with Crippen molar-refractivity contribution >= 4 is 11.6 Å². The molecule has 128 valence electrons. The molecule has 3 heteroatoms. The second kappa shape index (κ2) is 11.7. The Kier molecular flexibility index (Phi) is 9.84. The minimum absolute atomic E-state index is 0.796. The van der Waals surface area contributed by atoms with Crippen molar-refractivity contribution in [3.8, 4) is 17.7 Å². The standard InChI is InChI=1S/C18H20ClN.C2H6.CHN/c19-17-7-5-15(6-8-17)18-4-2-1-3-16(18)13-14-9-11-20-12-10-14;2*1-2/h1-8,14,20H,9-13H2;1-2H3;1H. The molecule has 2 nitrogen and oxygen atoms in total. The van der Waals surface area contributed by atoms with E-state index in [0.29, 0.717) is 0 Å². The molecule has 1 aliphatic rings. The quantitative estimate of drug-likeness (QED) is 0.774. The highest BCUT2D eigenvalue weighted by molar-refractivity contribution is 6.30. The summed E-state index contributed by atoms with van der Waals surface area (Å²) in [4.78, 5) is 0. The summed E-state index contributed by atoms with van der Waals surface area (Å²) in [5.41, 5.74) is 4.07. The van der Waals surface area contributed by atoms with E-state index in [-0.39, 0.29) is 0 Å². The fourth-order valence-electron chi connectivity index (χ4n) is 3.01. The van der Waals surface area contributed by atoms with Crippen molar-refractivity contribution in [2.45, 2.75) is 33.1 Å². The average Bonchev–Trinajstić information content (AvgIpc) is 2.67. The third-order valence-electron chi connectivity index (χ3n) is 4.14. The zero-order valence-electron chi connectivity index (χ0n) is 14.6. The van der Waals surface area contributed by atoms with Crippen LogP contribution in [0.4, 0.5) is 0 Å². The highest BCUT2D eigenvalue weighted by Gasteiger charge is 2.15. The third kappa shape index (κ3) is 6.00. The monoisotopic (exact) mass is 342 g/mol. The molecule has 0 aliphatic carbocycles. The van der Waals surface area contributed by atoms with E-state index < -0.39 is 0 Å². The molecule has 0 radical (unpaired) electrons. The maximum Gasteiger partial charge on any atom is 0.0462 e. The minimum Gasteiger partial charge on any atom is -0.317 e. The van der Waals surface area contributed by atoms with Gasteiger partial charge in [0.2, 0.25) is 0 Å². The van der Waals surface area contributed by atoms with Gasteiger partial charge < -0.3 is 5.32 Å². The van der Waals surface area contributed by atoms with Gasteiger partial charge in [-0.25, -0.2) is 5.26 Å². The van der Waals surface area contributed by atoms with Gasteiger partial charge >= 0.3 is 0 Å². The Morgan fingerprint density at radius 1 is 1.00 bits per heavy atom. The summed E-state index contributed by atoms with van der Waals surface area (Å²) in [6.07, 6.45) is 3.75. The number of hydrogen-bond acceptors (Lipinski definition) is 2. The maximum absolute atomic E-state index is 6.50. The van der Waals surface area contributed by atoms with Crippen LogP contribution < -0.4 is 5.32 Å². The van der Waals surface area contributed by atoms with Crippen molar-refractivity contribution < 1.29 is 0 Å². The fourth-order valence-corrected chi connectivity index (χ4v) is 3.13. The Balaban J connectivity index is 0.000000671. The van der Waals surface area contributed by atoms with Crippen LogP contribution in [0.3, 0.4) is 0 Å². The molecule has 1 saturated heterocycles. The van der Waals surface area contributed by atoms with Crippen LogP contribution in [0, 0.1) is 17.8 Å². The van der Waals surface area contributed by atoms with Crippen molar-refractivity contribution in [3.63, 3.8) is 0 Å². The topological polar surface area (TPSA) is 35.8 Å². The summed E-state index contributed by atoms with van der Waals surface area (Å²) in [7, 11) is 0. The molecule has 24 heavy (non-hydrogen) atoms. The predicted octanol–water partition coefficient (Wildman–Crippen LogP) is 5.72. The van der Waals surface area contributed by atoms with E-state index >= 15 is 0 Å². The van der Waals surface area contributed by atoms with E-state index in [2.05, 4.69) is 48.3 Å². The summed E-state index contributed by atoms with van der Waals surface area (Å²) in [5, 5.41) is 10.7. The van der Waals surface area contributed by atoms with Gasteiger partial charge in [0.15, 0.2) is 0 Å². The molecule has 0 atom stereocenters. The minimum atomic E-state index is 0.796. The Morgan fingerprint density at radius 3 is 2.21 bits per heavy atom. The second-order valence-electron chi connectivity index (χ2n) is 5.56. The van der Waals surface area contributed by atoms with Gasteiger partial charge in [-0.1, -0.05) is 61.8 Å². The molecule has 2 aromatic rings. The van der Waals surface area contributed by atoms with Crippen LogP contribution in [-0.2, 0) is 6.42 Å². The molecule has 0 spiro atoms. The van der Waals surface area contributed by atoms with Crippen LogP contribution in [0.1, 0.15) is 32.3 Å². The first kappa shape index (κ1) is 20.2. The Bertz CT molecular complexity index is 599. The number of nitrogens with one attached hydrogen (secondary N) is 1. The summed E-state index contributed by atoms with van der Waals surface area (Å²) in [5.74, 6) is 0.810. The highest BCUT2D eigenvalue weighted by atomic mass is 35.5. The number of piperidine rings is 1. The zero-order valence-corrected chi connectivity index (χ0v) is 15.4. The normalized spacial score (nSPS) is 13.9. The largest absolute Gasteiger partial charge is 0.317 e. The van der Waals surface area contributed by atoms with E-state index in [0.717, 1.165) is 24.0 Å². The van der Waals surface area contributed by atoms with Crippen LogP contribution in [0.15, 0.2) is 48.5 Å². The summed E-state index contributed by atoms with van der Waals surface area (Å²) >= 11 is 5.99. The number of halogens is 1. The van der Waals surface area contributed by atoms with E-state index in [1.54, 1.807) is 0 Å². The molecule has 0 amide bonds. The first-order chi connectivity index (χ1) is 11.8. The van der Waals surface area contributed by atoms with Gasteiger partial charge in [-0.05, 0) is 67.1 Å². The Hall–Kier alpha value is -1.82. The first-order valence-electron chi connectivity index (χ1n) is 8.63. The van der Waals surface area contributed by atoms with Crippen molar-refractivity contribution in [1.82, 2.24) is 5.32 Å². The second-order valence-corrected chi connectivity index (χ2v) is 6.00. The Labute approximate surface area is 151 Å². The molecule has 2 aromatic carbocycles. The lowest BCUT2D eigenvalue weighted by molar-refractivity contribution is 0.373. The molecular weight excluding hydrogens is 316 g/mol. The lowest BCUT2D eigenvalue weighted by Crippen LogP contribution is -2.28. The van der Waals surface area contributed by atoms with Gasteiger partial charge in [0.25, 0.3) is 0 Å². The van der Waals surface area contributed by atoms with Gasteiger partial charge in [0.1, 0.15) is 0 Å². The van der Waals surface area contributed by atoms with E-state index in [9.17, 15) is 0 Å². The number of nitriles is 1. The lowest BCUT2D eigenvalue weighted by Gasteiger charge is -2.23. The van der Waals surface area contributed by atoms with Gasteiger partial charge in [0, 0.05) is 11.6 Å². The average molecular weight is 343 g/mol. The molecule has 1 aliphatic heterocycles. The number of rotatable bonds is 3. The van der Waals surface area contributed by atoms with Crippen LogP contribution in [0.25, 0.3) is 11.1 Å². The predicted molar refractivity (Wildman–Crippen MR) is 104 cm³/mol. The van der Waals surface area contributed by atoms with Gasteiger partial charge in [0.05, 0.1) is 0 Å². The summed E-state index contributed by atoms with van der Waals surface area (Å²) < 4.78 is 0. The van der Waals surface area contributed by atoms with E-state index in [1.165, 1.54) is 36.0 Å². The number of nitrogens with zero attached hydrogens (tertiary/aromatic N) is 1. The molecule has 0 bridgehead atoms. The summed E-state index contributed by atoms with van der Waals surface area (Å²) in [6, 6.07) is 16.9. The molecule has 1 fully saturated rings. The molecule has 0 unspecified atom stereocenters. The SMILES string of the molecule is C#N.CC.Clc1ccc(-c2ccccc2CC2CCNCC2)cc1. The first-order valence-corrected chi connectivity index (χ1v) is 9.01. The molecule has 0 saturated carbocycles. The highest BCUT2D eigenvalue weighted by Crippen LogP contribution is 2.28. The summed E-state index contributed by atoms with van der Waals surface area (Å²) in [6.45, 7) is 9.82. The van der Waals surface area contributed by atoms with Gasteiger partial charge in [-0.3, -0.25) is 0 Å². The van der Waals surface area contributed by atoms with Crippen LogP contribution in [-0.4, -0.2) is 13.1 Å². The molecule has 1 heterocycles. The van der Waals surface area contributed by atoms with Crippen molar-refractivity contribution in [2.24, 2.45) is 5.92 Å². The molecular formula is C21H27ClN2. The molecule has 0 aromatic heterocycles. The van der Waals surface area contributed by atoms with Crippen molar-refractivity contribution in [1.29, 1.82) is 5.26 Å². The molecule has 1 N–H and O–H groups in total. The van der Waals surface area contributed by atoms with Crippen molar-refractivity contribution in [3.05, 3.63) is 59.1 Å². The van der Waals surface area contributed by atoms with E-state index in [1.807, 2.05) is 26.0 Å². The Morgan fingerprint density at radius 2 is 1.58 bits per heavy atom. The number of benzene rings is 2. The fraction of sp³-hybridized carbons (Fsp3) is 0.381. The third-order valence-corrected chi connectivity index (χ3v) is 4.39. The molecule has 3 rings (SSSR count). The lowest BCUT2D eigenvalue weighted by atomic mass is 9.87. The smallest absolute Gasteiger partial charge is 0.0462 e. The van der Waals surface area contributed by atoms with E-state index in [4.69, 9.17) is 16.9 Å². The zero-order chi connectivity index (χ0) is 17.8.